The van der Waals surface area contributed by atoms with E-state index < -0.39 is 0 Å². The van der Waals surface area contributed by atoms with Crippen LogP contribution in [0.3, 0.4) is 0 Å². The zero-order valence-corrected chi connectivity index (χ0v) is 9.08. The molecule has 74 valence electrons. The molecule has 1 aliphatic rings. The monoisotopic (exact) mass is 208 g/mol. The van der Waals surface area contributed by atoms with Crippen LogP contribution in [0, 0.1) is 11.3 Å². The molecule has 1 nitrogen and oxygen atoms in total. The average Bonchev–Trinajstić information content (AvgIpc) is 2.71. The number of halogens is 1. The molecule has 0 heterocycles. The van der Waals surface area contributed by atoms with Crippen LogP contribution in [-0.4, -0.2) is 5.24 Å². The minimum Gasteiger partial charge on any atom is -0.281 e. The lowest BCUT2D eigenvalue weighted by molar-refractivity contribution is -0.113. The van der Waals surface area contributed by atoms with Gasteiger partial charge in [0, 0.05) is 11.8 Å². The van der Waals surface area contributed by atoms with Gasteiger partial charge in [-0.15, -0.1) is 0 Å². The first-order valence-corrected chi connectivity index (χ1v) is 5.17. The second kappa shape index (κ2) is 3.09. The molecule has 2 heteroatoms. The fraction of sp³-hybridized carbons (Fsp3) is 0.417. The van der Waals surface area contributed by atoms with Gasteiger partial charge in [0.1, 0.15) is 0 Å². The highest BCUT2D eigenvalue weighted by Crippen LogP contribution is 2.65. The molecule has 0 radical (unpaired) electrons. The van der Waals surface area contributed by atoms with Crippen LogP contribution in [0.15, 0.2) is 30.3 Å². The smallest absolute Gasteiger partial charge is 0.225 e. The molecular weight excluding hydrogens is 196 g/mol. The van der Waals surface area contributed by atoms with Gasteiger partial charge < -0.3 is 0 Å². The van der Waals surface area contributed by atoms with E-state index in [2.05, 4.69) is 26.0 Å². The van der Waals surface area contributed by atoms with E-state index in [0.29, 0.717) is 5.92 Å². The van der Waals surface area contributed by atoms with Crippen molar-refractivity contribution in [2.75, 3.05) is 0 Å². The molecule has 2 rings (SSSR count). The normalized spacial score (nSPS) is 28.5. The van der Waals surface area contributed by atoms with Crippen molar-refractivity contribution in [1.29, 1.82) is 0 Å². The molecule has 0 bridgehead atoms. The summed E-state index contributed by atoms with van der Waals surface area (Å²) in [6, 6.07) is 10.1. The van der Waals surface area contributed by atoms with Crippen LogP contribution in [0.4, 0.5) is 0 Å². The first-order valence-electron chi connectivity index (χ1n) is 4.79. The Morgan fingerprint density at radius 3 is 2.29 bits per heavy atom. The molecular formula is C12H13ClO. The van der Waals surface area contributed by atoms with E-state index in [0.717, 1.165) is 0 Å². The standard InChI is InChI=1S/C12H13ClO/c1-12(2)9(10(12)11(13)14)8-6-4-3-5-7-8/h3-7,9-10H,1-2H3. The van der Waals surface area contributed by atoms with Gasteiger partial charge >= 0.3 is 0 Å². The van der Waals surface area contributed by atoms with Crippen LogP contribution in [0.1, 0.15) is 25.3 Å². The van der Waals surface area contributed by atoms with Crippen molar-refractivity contribution in [2.24, 2.45) is 11.3 Å². The summed E-state index contributed by atoms with van der Waals surface area (Å²) in [5, 5.41) is -0.205. The van der Waals surface area contributed by atoms with E-state index in [-0.39, 0.29) is 16.6 Å². The van der Waals surface area contributed by atoms with Gasteiger partial charge in [-0.2, -0.15) is 0 Å². The Bertz CT molecular complexity index is 356. The van der Waals surface area contributed by atoms with E-state index in [9.17, 15) is 4.79 Å². The highest BCUT2D eigenvalue weighted by atomic mass is 35.5. The molecule has 0 amide bonds. The minimum absolute atomic E-state index is 0.00781. The zero-order valence-electron chi connectivity index (χ0n) is 8.33. The summed E-state index contributed by atoms with van der Waals surface area (Å²) in [6.07, 6.45) is 0. The average molecular weight is 209 g/mol. The maximum Gasteiger partial charge on any atom is 0.225 e. The third-order valence-electron chi connectivity index (χ3n) is 3.23. The summed E-state index contributed by atoms with van der Waals surface area (Å²) in [6.45, 7) is 4.19. The fourth-order valence-electron chi connectivity index (χ4n) is 2.34. The molecule has 1 aromatic carbocycles. The van der Waals surface area contributed by atoms with Crippen LogP contribution in [0.5, 0.6) is 0 Å². The lowest BCUT2D eigenvalue weighted by Crippen LogP contribution is -1.96. The second-order valence-corrected chi connectivity index (χ2v) is 4.86. The van der Waals surface area contributed by atoms with Crippen LogP contribution >= 0.6 is 11.6 Å². The lowest BCUT2D eigenvalue weighted by Gasteiger charge is -2.01. The number of carbonyl (C=O) groups excluding carboxylic acids is 1. The molecule has 0 N–H and O–H groups in total. The van der Waals surface area contributed by atoms with E-state index in [1.54, 1.807) is 0 Å². The number of rotatable bonds is 2. The summed E-state index contributed by atoms with van der Waals surface area (Å²) in [5.41, 5.74) is 1.25. The molecule has 1 aliphatic carbocycles. The lowest BCUT2D eigenvalue weighted by atomic mass is 10.0. The third-order valence-corrected chi connectivity index (χ3v) is 3.47. The number of benzene rings is 1. The molecule has 0 spiro atoms. The molecule has 0 aliphatic heterocycles. The van der Waals surface area contributed by atoms with Crippen molar-refractivity contribution in [3.63, 3.8) is 0 Å². The Kier molecular flexibility index (Phi) is 2.15. The molecule has 0 aromatic heterocycles. The van der Waals surface area contributed by atoms with Gasteiger partial charge in [0.15, 0.2) is 0 Å². The zero-order chi connectivity index (χ0) is 10.3. The Labute approximate surface area is 89.1 Å². The van der Waals surface area contributed by atoms with Gasteiger partial charge in [0.05, 0.1) is 0 Å². The number of hydrogen-bond acceptors (Lipinski definition) is 1. The molecule has 2 atom stereocenters. The predicted octanol–water partition coefficient (Wildman–Crippen LogP) is 3.19. The van der Waals surface area contributed by atoms with Crippen LogP contribution in [0.2, 0.25) is 0 Å². The number of hydrogen-bond donors (Lipinski definition) is 0. The maximum absolute atomic E-state index is 11.2. The van der Waals surface area contributed by atoms with Gasteiger partial charge in [0.2, 0.25) is 5.24 Å². The highest BCUT2D eigenvalue weighted by Gasteiger charge is 2.61. The Hall–Kier alpha value is -0.820. The molecule has 14 heavy (non-hydrogen) atoms. The molecule has 2 unspecified atom stereocenters. The van der Waals surface area contributed by atoms with Crippen molar-refractivity contribution in [2.45, 2.75) is 19.8 Å². The van der Waals surface area contributed by atoms with E-state index in [4.69, 9.17) is 11.6 Å². The Morgan fingerprint density at radius 2 is 1.86 bits per heavy atom. The quantitative estimate of drug-likeness (QED) is 0.683. The van der Waals surface area contributed by atoms with E-state index >= 15 is 0 Å². The van der Waals surface area contributed by atoms with E-state index in [1.165, 1.54) is 5.56 Å². The van der Waals surface area contributed by atoms with Crippen molar-refractivity contribution in [3.05, 3.63) is 35.9 Å². The minimum atomic E-state index is -0.205. The largest absolute Gasteiger partial charge is 0.281 e. The highest BCUT2D eigenvalue weighted by molar-refractivity contribution is 6.64. The Morgan fingerprint density at radius 1 is 1.29 bits per heavy atom. The summed E-state index contributed by atoms with van der Waals surface area (Å²) >= 11 is 5.57. The van der Waals surface area contributed by atoms with Gasteiger partial charge in [0.25, 0.3) is 0 Å². The van der Waals surface area contributed by atoms with Crippen molar-refractivity contribution < 1.29 is 4.79 Å². The van der Waals surface area contributed by atoms with Crippen molar-refractivity contribution in [1.82, 2.24) is 0 Å². The molecule has 1 aromatic rings. The van der Waals surface area contributed by atoms with Gasteiger partial charge in [-0.1, -0.05) is 44.2 Å². The summed E-state index contributed by atoms with van der Waals surface area (Å²) in [5.74, 6) is 0.292. The summed E-state index contributed by atoms with van der Waals surface area (Å²) in [7, 11) is 0. The number of carbonyl (C=O) groups is 1. The molecule has 0 saturated heterocycles. The van der Waals surface area contributed by atoms with Crippen molar-refractivity contribution >= 4 is 16.8 Å². The van der Waals surface area contributed by atoms with Crippen LogP contribution in [-0.2, 0) is 4.79 Å². The predicted molar refractivity (Wildman–Crippen MR) is 57.3 cm³/mol. The molecule has 1 saturated carbocycles. The van der Waals surface area contributed by atoms with Crippen molar-refractivity contribution in [3.8, 4) is 0 Å². The fourth-order valence-corrected chi connectivity index (χ4v) is 2.75. The summed E-state index contributed by atoms with van der Waals surface area (Å²) in [4.78, 5) is 11.2. The topological polar surface area (TPSA) is 17.1 Å². The Balaban J connectivity index is 2.28. The first-order chi connectivity index (χ1) is 6.55. The summed E-state index contributed by atoms with van der Waals surface area (Å²) < 4.78 is 0. The second-order valence-electron chi connectivity index (χ2n) is 4.49. The first kappa shape index (κ1) is 9.72. The van der Waals surface area contributed by atoms with Gasteiger partial charge in [-0.05, 0) is 22.6 Å². The van der Waals surface area contributed by atoms with Crippen LogP contribution < -0.4 is 0 Å². The maximum atomic E-state index is 11.2. The van der Waals surface area contributed by atoms with Gasteiger partial charge in [-0.3, -0.25) is 4.79 Å². The van der Waals surface area contributed by atoms with Gasteiger partial charge in [-0.25, -0.2) is 0 Å². The molecule has 1 fully saturated rings. The van der Waals surface area contributed by atoms with Crippen LogP contribution in [0.25, 0.3) is 0 Å². The SMILES string of the molecule is CC1(C)C(C(=O)Cl)C1c1ccccc1. The van der Waals surface area contributed by atoms with E-state index in [1.807, 2.05) is 18.2 Å². The third kappa shape index (κ3) is 1.36.